The van der Waals surface area contributed by atoms with Gasteiger partial charge < -0.3 is 14.7 Å². The van der Waals surface area contributed by atoms with Gasteiger partial charge in [-0.25, -0.2) is 4.98 Å². The molecule has 2 heterocycles. The third-order valence-electron chi connectivity index (χ3n) is 2.53. The van der Waals surface area contributed by atoms with Crippen LogP contribution in [0.5, 0.6) is 0 Å². The number of aliphatic hydroxyl groups excluding tert-OH is 1. The first-order valence-electron chi connectivity index (χ1n) is 5.66. The number of hydrogen-bond donors (Lipinski definition) is 1. The quantitative estimate of drug-likeness (QED) is 0.856. The van der Waals surface area contributed by atoms with Crippen LogP contribution in [0.25, 0.3) is 0 Å². The van der Waals surface area contributed by atoms with Crippen molar-refractivity contribution in [3.8, 4) is 0 Å². The Bertz CT molecular complexity index is 542. The molecule has 19 heavy (non-hydrogen) atoms. The number of anilines is 1. The van der Waals surface area contributed by atoms with Crippen molar-refractivity contribution >= 4 is 43.7 Å². The fourth-order valence-electron chi connectivity index (χ4n) is 1.64. The summed E-state index contributed by atoms with van der Waals surface area (Å²) in [4.78, 5) is 8.75. The van der Waals surface area contributed by atoms with Crippen molar-refractivity contribution in [2.45, 2.75) is 19.8 Å². The van der Waals surface area contributed by atoms with Crippen molar-refractivity contribution in [3.05, 3.63) is 31.4 Å². The molecule has 0 spiro atoms. The van der Waals surface area contributed by atoms with Gasteiger partial charge in [-0.3, -0.25) is 0 Å². The molecule has 0 aliphatic heterocycles. The molecule has 0 bridgehead atoms. The van der Waals surface area contributed by atoms with Gasteiger partial charge in [0, 0.05) is 28.9 Å². The molecule has 0 amide bonds. The van der Waals surface area contributed by atoms with Crippen LogP contribution >= 0.6 is 38.6 Å². The minimum atomic E-state index is 0.00868. The van der Waals surface area contributed by atoms with Crippen LogP contribution in [0.3, 0.4) is 0 Å². The van der Waals surface area contributed by atoms with Crippen LogP contribution in [0.15, 0.2) is 15.9 Å². The molecule has 0 radical (unpaired) electrons. The molecular formula is C12H15BrN2O2S2. The fourth-order valence-corrected chi connectivity index (χ4v) is 4.03. The first-order chi connectivity index (χ1) is 9.13. The summed E-state index contributed by atoms with van der Waals surface area (Å²) in [5.74, 6) is 0. The highest BCUT2D eigenvalue weighted by molar-refractivity contribution is 9.10. The number of methoxy groups -OCH3 is 1. The van der Waals surface area contributed by atoms with Crippen LogP contribution in [-0.4, -0.2) is 24.2 Å². The summed E-state index contributed by atoms with van der Waals surface area (Å²) in [7, 11) is 3.64. The molecule has 0 aliphatic rings. The smallest absolute Gasteiger partial charge is 0.186 e. The van der Waals surface area contributed by atoms with Gasteiger partial charge in [-0.2, -0.15) is 0 Å². The zero-order valence-corrected chi connectivity index (χ0v) is 13.9. The maximum absolute atomic E-state index is 9.33. The molecule has 4 nitrogen and oxygen atoms in total. The minimum absolute atomic E-state index is 0.00868. The number of rotatable bonds is 6. The zero-order valence-electron chi connectivity index (χ0n) is 10.7. The van der Waals surface area contributed by atoms with Crippen LogP contribution in [-0.2, 0) is 24.5 Å². The summed E-state index contributed by atoms with van der Waals surface area (Å²) in [5.41, 5.74) is 0.823. The van der Waals surface area contributed by atoms with Gasteiger partial charge in [0.15, 0.2) is 5.13 Å². The lowest BCUT2D eigenvalue weighted by Gasteiger charge is -2.14. The van der Waals surface area contributed by atoms with Gasteiger partial charge in [-0.15, -0.1) is 11.3 Å². The Morgan fingerprint density at radius 3 is 2.89 bits per heavy atom. The van der Waals surface area contributed by atoms with Gasteiger partial charge in [-0.05, 0) is 22.0 Å². The van der Waals surface area contributed by atoms with Crippen molar-refractivity contribution in [2.24, 2.45) is 0 Å². The summed E-state index contributed by atoms with van der Waals surface area (Å²) in [6, 6.07) is 2.11. The van der Waals surface area contributed by atoms with E-state index in [4.69, 9.17) is 4.74 Å². The molecule has 0 atom stereocenters. The van der Waals surface area contributed by atoms with Gasteiger partial charge in [0.2, 0.25) is 0 Å². The number of hydrogen-bond acceptors (Lipinski definition) is 6. The average Bonchev–Trinajstić information content (AvgIpc) is 2.96. The normalized spacial score (nSPS) is 10.9. The Kier molecular flexibility index (Phi) is 5.35. The van der Waals surface area contributed by atoms with E-state index in [-0.39, 0.29) is 6.61 Å². The molecule has 104 valence electrons. The molecule has 0 unspecified atom stereocenters. The van der Waals surface area contributed by atoms with E-state index >= 15 is 0 Å². The van der Waals surface area contributed by atoms with Crippen LogP contribution < -0.4 is 4.90 Å². The van der Waals surface area contributed by atoms with Crippen LogP contribution in [0.2, 0.25) is 0 Å². The fraction of sp³-hybridized carbons (Fsp3) is 0.417. The maximum atomic E-state index is 9.33. The summed E-state index contributed by atoms with van der Waals surface area (Å²) in [6.07, 6.45) is 0. The van der Waals surface area contributed by atoms with Crippen molar-refractivity contribution in [1.82, 2.24) is 4.98 Å². The third kappa shape index (κ3) is 3.76. The number of nitrogens with zero attached hydrogens (tertiary/aromatic N) is 2. The lowest BCUT2D eigenvalue weighted by Crippen LogP contribution is -2.15. The topological polar surface area (TPSA) is 45.6 Å². The van der Waals surface area contributed by atoms with E-state index in [1.54, 1.807) is 18.4 Å². The van der Waals surface area contributed by atoms with Crippen molar-refractivity contribution < 1.29 is 9.84 Å². The van der Waals surface area contributed by atoms with Crippen molar-refractivity contribution in [1.29, 1.82) is 0 Å². The molecule has 1 N–H and O–H groups in total. The van der Waals surface area contributed by atoms with Crippen molar-refractivity contribution in [2.75, 3.05) is 19.1 Å². The summed E-state index contributed by atoms with van der Waals surface area (Å²) < 4.78 is 6.20. The molecule has 0 fully saturated rings. The lowest BCUT2D eigenvalue weighted by molar-refractivity contribution is 0.179. The largest absolute Gasteiger partial charge is 0.391 e. The molecule has 0 saturated heterocycles. The SMILES string of the molecule is COCc1nc(N(C)Cc2cc(Br)cs2)sc1CO. The second kappa shape index (κ2) is 6.81. The number of thiazole rings is 1. The molecule has 2 aromatic heterocycles. The first kappa shape index (κ1) is 14.9. The zero-order chi connectivity index (χ0) is 13.8. The molecule has 0 saturated carbocycles. The Balaban J connectivity index is 2.12. The Labute approximate surface area is 128 Å². The highest BCUT2D eigenvalue weighted by atomic mass is 79.9. The van der Waals surface area contributed by atoms with Gasteiger partial charge in [-0.1, -0.05) is 11.3 Å². The second-order valence-corrected chi connectivity index (χ2v) is 7.02. The van der Waals surface area contributed by atoms with E-state index in [1.807, 2.05) is 7.05 Å². The maximum Gasteiger partial charge on any atom is 0.186 e. The molecule has 2 rings (SSSR count). The van der Waals surface area contributed by atoms with Crippen molar-refractivity contribution in [3.63, 3.8) is 0 Å². The van der Waals surface area contributed by atoms with Gasteiger partial charge in [0.25, 0.3) is 0 Å². The number of thiophene rings is 1. The highest BCUT2D eigenvalue weighted by Gasteiger charge is 2.14. The highest BCUT2D eigenvalue weighted by Crippen LogP contribution is 2.29. The van der Waals surface area contributed by atoms with Gasteiger partial charge >= 0.3 is 0 Å². The standard InChI is InChI=1S/C12H15BrN2O2S2/c1-15(4-9-3-8(13)7-18-9)12-14-10(6-17-2)11(5-16)19-12/h3,7,16H,4-6H2,1-2H3. The Morgan fingerprint density at radius 2 is 2.32 bits per heavy atom. The van der Waals surface area contributed by atoms with E-state index in [9.17, 15) is 5.11 Å². The molecule has 2 aromatic rings. The van der Waals surface area contributed by atoms with E-state index in [1.165, 1.54) is 16.2 Å². The summed E-state index contributed by atoms with van der Waals surface area (Å²) in [5, 5.41) is 12.3. The number of aromatic nitrogens is 1. The third-order valence-corrected chi connectivity index (χ3v) is 5.41. The Morgan fingerprint density at radius 1 is 1.53 bits per heavy atom. The summed E-state index contributed by atoms with van der Waals surface area (Å²) in [6.45, 7) is 1.25. The van der Waals surface area contributed by atoms with Gasteiger partial charge in [0.1, 0.15) is 0 Å². The predicted molar refractivity (Wildman–Crippen MR) is 82.9 cm³/mol. The minimum Gasteiger partial charge on any atom is -0.391 e. The number of ether oxygens (including phenoxy) is 1. The predicted octanol–water partition coefficient (Wildman–Crippen LogP) is 3.24. The number of halogens is 1. The van der Waals surface area contributed by atoms with Crippen LogP contribution in [0.1, 0.15) is 15.4 Å². The monoisotopic (exact) mass is 362 g/mol. The van der Waals surface area contributed by atoms with Crippen LogP contribution in [0, 0.1) is 0 Å². The molecular weight excluding hydrogens is 348 g/mol. The van der Waals surface area contributed by atoms with Gasteiger partial charge in [0.05, 0.1) is 30.3 Å². The van der Waals surface area contributed by atoms with E-state index in [0.29, 0.717) is 6.61 Å². The summed E-state index contributed by atoms with van der Waals surface area (Å²) >= 11 is 6.68. The molecule has 0 aliphatic carbocycles. The first-order valence-corrected chi connectivity index (χ1v) is 8.15. The van der Waals surface area contributed by atoms with E-state index in [0.717, 1.165) is 26.7 Å². The van der Waals surface area contributed by atoms with Crippen LogP contribution in [0.4, 0.5) is 5.13 Å². The van der Waals surface area contributed by atoms with E-state index < -0.39 is 0 Å². The Hall–Kier alpha value is -0.470. The average molecular weight is 363 g/mol. The molecule has 0 aromatic carbocycles. The van der Waals surface area contributed by atoms with E-state index in [2.05, 4.69) is 37.3 Å². The lowest BCUT2D eigenvalue weighted by atomic mass is 10.4. The number of aliphatic hydroxyl groups is 1. The second-order valence-electron chi connectivity index (χ2n) is 4.04. The molecule has 7 heteroatoms.